The topological polar surface area (TPSA) is 47.4 Å². The maximum Gasteiger partial charge on any atom is 0.260 e. The monoisotopic (exact) mass is 345 g/mol. The van der Waals surface area contributed by atoms with Gasteiger partial charge in [-0.2, -0.15) is 5.10 Å². The van der Waals surface area contributed by atoms with Crippen molar-refractivity contribution in [1.29, 1.82) is 0 Å². The maximum absolute atomic E-state index is 13.5. The Hall–Kier alpha value is -2.37. The molecule has 0 N–H and O–H groups in total. The fourth-order valence-corrected chi connectivity index (χ4v) is 3.26. The molecule has 2 aromatic rings. The highest BCUT2D eigenvalue weighted by atomic mass is 19.1. The molecular weight excluding hydrogens is 321 g/mol. The third-order valence-electron chi connectivity index (χ3n) is 4.69. The second kappa shape index (κ2) is 7.68. The van der Waals surface area contributed by atoms with Gasteiger partial charge in [-0.3, -0.25) is 9.48 Å². The van der Waals surface area contributed by atoms with Crippen LogP contribution in [0, 0.1) is 25.6 Å². The fourth-order valence-electron chi connectivity index (χ4n) is 3.26. The number of hydrogen-bond acceptors (Lipinski definition) is 3. The minimum absolute atomic E-state index is 0.0900. The summed E-state index contributed by atoms with van der Waals surface area (Å²) in [6.07, 6.45) is 1.90. The van der Waals surface area contributed by atoms with E-state index in [2.05, 4.69) is 22.8 Å². The van der Waals surface area contributed by atoms with Crippen LogP contribution in [0.2, 0.25) is 0 Å². The number of carbonyl (C=O) groups excluding carboxylic acids is 1. The first kappa shape index (κ1) is 17.5. The lowest BCUT2D eigenvalue weighted by atomic mass is 9.97. The molecule has 0 atom stereocenters. The second-order valence-corrected chi connectivity index (χ2v) is 6.65. The summed E-state index contributed by atoms with van der Waals surface area (Å²) in [5, 5.41) is 4.51. The van der Waals surface area contributed by atoms with E-state index in [1.54, 1.807) is 17.0 Å². The van der Waals surface area contributed by atoms with Gasteiger partial charge in [0.25, 0.3) is 5.91 Å². The lowest BCUT2D eigenvalue weighted by Gasteiger charge is -2.32. The number of benzene rings is 1. The molecule has 0 spiro atoms. The molecule has 0 radical (unpaired) electrons. The Morgan fingerprint density at radius 2 is 2.00 bits per heavy atom. The molecule has 1 aromatic carbocycles. The average molecular weight is 345 g/mol. The molecule has 1 fully saturated rings. The number of likely N-dealkylation sites (tertiary alicyclic amines) is 1. The summed E-state index contributed by atoms with van der Waals surface area (Å²) >= 11 is 0. The number of rotatable bonds is 5. The van der Waals surface area contributed by atoms with Crippen molar-refractivity contribution in [2.45, 2.75) is 33.2 Å². The molecule has 0 unspecified atom stereocenters. The molecule has 0 aliphatic carbocycles. The first-order chi connectivity index (χ1) is 12.0. The molecule has 1 aliphatic rings. The smallest absolute Gasteiger partial charge is 0.260 e. The molecule has 0 saturated carbocycles. The van der Waals surface area contributed by atoms with Crippen LogP contribution >= 0.6 is 0 Å². The molecule has 1 aromatic heterocycles. The number of halogens is 1. The third kappa shape index (κ3) is 4.38. The lowest BCUT2D eigenvalue weighted by molar-refractivity contribution is -0.134. The van der Waals surface area contributed by atoms with Crippen LogP contribution in [0.4, 0.5) is 4.39 Å². The van der Waals surface area contributed by atoms with Gasteiger partial charge in [0.15, 0.2) is 18.2 Å². The van der Waals surface area contributed by atoms with Crippen LogP contribution in [-0.4, -0.2) is 40.3 Å². The van der Waals surface area contributed by atoms with Crippen molar-refractivity contribution in [3.8, 4) is 5.75 Å². The second-order valence-electron chi connectivity index (χ2n) is 6.65. The fraction of sp³-hybridized carbons (Fsp3) is 0.474. The van der Waals surface area contributed by atoms with Crippen molar-refractivity contribution in [2.75, 3.05) is 19.7 Å². The van der Waals surface area contributed by atoms with E-state index in [-0.39, 0.29) is 18.3 Å². The van der Waals surface area contributed by atoms with Gasteiger partial charge in [-0.25, -0.2) is 4.39 Å². The number of carbonyl (C=O) groups is 1. The summed E-state index contributed by atoms with van der Waals surface area (Å²) in [6, 6.07) is 8.22. The molecule has 3 rings (SSSR count). The zero-order chi connectivity index (χ0) is 17.8. The van der Waals surface area contributed by atoms with Crippen molar-refractivity contribution >= 4 is 5.91 Å². The molecule has 1 saturated heterocycles. The van der Waals surface area contributed by atoms with E-state index in [0.717, 1.165) is 25.1 Å². The van der Waals surface area contributed by atoms with Gasteiger partial charge in [0, 0.05) is 25.3 Å². The normalized spacial score (nSPS) is 15.4. The van der Waals surface area contributed by atoms with Gasteiger partial charge >= 0.3 is 0 Å². The van der Waals surface area contributed by atoms with E-state index in [1.165, 1.54) is 17.8 Å². The number of amides is 1. The third-order valence-corrected chi connectivity index (χ3v) is 4.69. The Morgan fingerprint density at radius 3 is 2.64 bits per heavy atom. The predicted molar refractivity (Wildman–Crippen MR) is 92.9 cm³/mol. The van der Waals surface area contributed by atoms with E-state index in [9.17, 15) is 9.18 Å². The summed E-state index contributed by atoms with van der Waals surface area (Å²) in [6.45, 7) is 6.27. The van der Waals surface area contributed by atoms with Crippen LogP contribution < -0.4 is 4.74 Å². The predicted octanol–water partition coefficient (Wildman–Crippen LogP) is 2.96. The summed E-state index contributed by atoms with van der Waals surface area (Å²) in [7, 11) is 0. The van der Waals surface area contributed by atoms with Gasteiger partial charge in [0.2, 0.25) is 0 Å². The standard InChI is InChI=1S/C19H24FN3O2/c1-14-11-15(2)23(21-14)12-16-7-9-22(10-8-16)19(24)13-25-18-6-4-3-5-17(18)20/h3-6,11,16H,7-10,12-13H2,1-2H3. The highest BCUT2D eigenvalue weighted by molar-refractivity contribution is 5.77. The minimum Gasteiger partial charge on any atom is -0.481 e. The first-order valence-corrected chi connectivity index (χ1v) is 8.69. The van der Waals surface area contributed by atoms with Crippen molar-refractivity contribution in [1.82, 2.24) is 14.7 Å². The molecule has 0 bridgehead atoms. The van der Waals surface area contributed by atoms with E-state index in [1.807, 2.05) is 6.92 Å². The average Bonchev–Trinajstić information content (AvgIpc) is 2.92. The Balaban J connectivity index is 1.46. The zero-order valence-electron chi connectivity index (χ0n) is 14.7. The molecule has 25 heavy (non-hydrogen) atoms. The molecular formula is C19H24FN3O2. The highest BCUT2D eigenvalue weighted by Gasteiger charge is 2.24. The van der Waals surface area contributed by atoms with E-state index in [0.29, 0.717) is 19.0 Å². The van der Waals surface area contributed by atoms with Crippen LogP contribution in [0.25, 0.3) is 0 Å². The van der Waals surface area contributed by atoms with Crippen LogP contribution in [0.3, 0.4) is 0 Å². The van der Waals surface area contributed by atoms with Crippen LogP contribution in [-0.2, 0) is 11.3 Å². The van der Waals surface area contributed by atoms with Crippen molar-refractivity contribution in [2.24, 2.45) is 5.92 Å². The minimum atomic E-state index is -0.445. The first-order valence-electron chi connectivity index (χ1n) is 8.69. The number of aryl methyl sites for hydroxylation is 2. The Labute approximate surface area is 147 Å². The van der Waals surface area contributed by atoms with Gasteiger partial charge in [-0.05, 0) is 50.8 Å². The van der Waals surface area contributed by atoms with Crippen LogP contribution in [0.1, 0.15) is 24.2 Å². The maximum atomic E-state index is 13.5. The largest absolute Gasteiger partial charge is 0.481 e. The molecule has 1 amide bonds. The van der Waals surface area contributed by atoms with Crippen molar-refractivity contribution in [3.63, 3.8) is 0 Å². The van der Waals surface area contributed by atoms with Gasteiger partial charge in [0.05, 0.1) is 5.69 Å². The van der Waals surface area contributed by atoms with Crippen LogP contribution in [0.5, 0.6) is 5.75 Å². The molecule has 6 heteroatoms. The Morgan fingerprint density at radius 1 is 1.28 bits per heavy atom. The Kier molecular flexibility index (Phi) is 5.36. The summed E-state index contributed by atoms with van der Waals surface area (Å²) in [4.78, 5) is 14.1. The number of piperidine rings is 1. The van der Waals surface area contributed by atoms with Crippen LogP contribution in [0.15, 0.2) is 30.3 Å². The van der Waals surface area contributed by atoms with Gasteiger partial charge in [-0.1, -0.05) is 12.1 Å². The van der Waals surface area contributed by atoms with Gasteiger partial charge in [-0.15, -0.1) is 0 Å². The Bertz CT molecular complexity index is 736. The van der Waals surface area contributed by atoms with E-state index < -0.39 is 5.82 Å². The van der Waals surface area contributed by atoms with Crippen molar-refractivity contribution in [3.05, 3.63) is 47.5 Å². The van der Waals surface area contributed by atoms with E-state index in [4.69, 9.17) is 4.74 Å². The van der Waals surface area contributed by atoms with Gasteiger partial charge < -0.3 is 9.64 Å². The SMILES string of the molecule is Cc1cc(C)n(CC2CCN(C(=O)COc3ccccc3F)CC2)n1. The molecule has 2 heterocycles. The van der Waals surface area contributed by atoms with E-state index >= 15 is 0 Å². The number of aromatic nitrogens is 2. The number of para-hydroxylation sites is 1. The number of nitrogens with zero attached hydrogens (tertiary/aromatic N) is 3. The van der Waals surface area contributed by atoms with Crippen molar-refractivity contribution < 1.29 is 13.9 Å². The summed E-state index contributed by atoms with van der Waals surface area (Å²) in [5.74, 6) is 0.108. The molecule has 1 aliphatic heterocycles. The van der Waals surface area contributed by atoms with Gasteiger partial charge in [0.1, 0.15) is 0 Å². The molecule has 134 valence electrons. The number of hydrogen-bond donors (Lipinski definition) is 0. The highest BCUT2D eigenvalue weighted by Crippen LogP contribution is 2.21. The quantitative estimate of drug-likeness (QED) is 0.837. The lowest BCUT2D eigenvalue weighted by Crippen LogP contribution is -2.41. The summed E-state index contributed by atoms with van der Waals surface area (Å²) in [5.41, 5.74) is 2.21. The molecule has 5 nitrogen and oxygen atoms in total. The number of ether oxygens (including phenoxy) is 1. The zero-order valence-corrected chi connectivity index (χ0v) is 14.7. The summed E-state index contributed by atoms with van der Waals surface area (Å²) < 4.78 is 20.9.